The Bertz CT molecular complexity index is 1160. The first-order chi connectivity index (χ1) is 19.1. The quantitative estimate of drug-likeness (QED) is 0.173. The molecule has 230 valence electrons. The Hall–Kier alpha value is -2.64. The Morgan fingerprint density at radius 1 is 0.659 bits per heavy atom. The molecule has 0 bridgehead atoms. The molecular formula is C29H46N2O8P2. The van der Waals surface area contributed by atoms with Crippen LogP contribution in [0.1, 0.15) is 62.3 Å². The molecule has 0 aromatic heterocycles. The average Bonchev–Trinajstić information content (AvgIpc) is 2.89. The van der Waals surface area contributed by atoms with E-state index in [9.17, 15) is 18.7 Å². The number of benzene rings is 2. The molecule has 0 heterocycles. The summed E-state index contributed by atoms with van der Waals surface area (Å²) in [4.78, 5) is 23.5. The van der Waals surface area contributed by atoms with Crippen molar-refractivity contribution in [3.63, 3.8) is 0 Å². The average molecular weight is 613 g/mol. The zero-order chi connectivity index (χ0) is 31.2. The number of esters is 2. The third-order valence-corrected chi connectivity index (χ3v) is 10.6. The molecule has 4 atom stereocenters. The number of ether oxygens (including phenoxy) is 2. The maximum atomic E-state index is 12.9. The first-order valence-corrected chi connectivity index (χ1v) is 17.1. The van der Waals surface area contributed by atoms with Crippen LogP contribution in [-0.4, -0.2) is 48.1 Å². The van der Waals surface area contributed by atoms with Crippen molar-refractivity contribution in [3.05, 3.63) is 60.7 Å². The van der Waals surface area contributed by atoms with E-state index in [0.717, 1.165) is 0 Å². The molecule has 0 fully saturated rings. The van der Waals surface area contributed by atoms with Gasteiger partial charge in [-0.15, -0.1) is 0 Å². The van der Waals surface area contributed by atoms with Gasteiger partial charge in [0.1, 0.15) is 23.6 Å². The van der Waals surface area contributed by atoms with E-state index in [-0.39, 0.29) is 24.0 Å². The fraction of sp³-hybridized carbons (Fsp3) is 0.517. The van der Waals surface area contributed by atoms with Gasteiger partial charge < -0.3 is 18.5 Å². The summed E-state index contributed by atoms with van der Waals surface area (Å²) in [5.41, 5.74) is -0.536. The minimum Gasteiger partial charge on any atom is -0.465 e. The van der Waals surface area contributed by atoms with E-state index in [2.05, 4.69) is 10.2 Å². The third kappa shape index (κ3) is 12.8. The molecule has 2 N–H and O–H groups in total. The summed E-state index contributed by atoms with van der Waals surface area (Å²) in [5, 5.41) is 5.59. The molecule has 0 aliphatic carbocycles. The van der Waals surface area contributed by atoms with Crippen LogP contribution < -0.4 is 19.2 Å². The van der Waals surface area contributed by atoms with Crippen molar-refractivity contribution in [1.82, 2.24) is 10.2 Å². The highest BCUT2D eigenvalue weighted by atomic mass is 31.2. The molecule has 0 spiro atoms. The van der Waals surface area contributed by atoms with Crippen LogP contribution >= 0.6 is 15.0 Å². The van der Waals surface area contributed by atoms with E-state index >= 15 is 0 Å². The number of hydrogen-bond acceptors (Lipinski definition) is 8. The van der Waals surface area contributed by atoms with Crippen LogP contribution in [-0.2, 0) is 28.2 Å². The number of hydrogen-bond donors (Lipinski definition) is 2. The lowest BCUT2D eigenvalue weighted by Crippen LogP contribution is -2.37. The fourth-order valence-electron chi connectivity index (χ4n) is 3.08. The zero-order valence-corrected chi connectivity index (χ0v) is 27.3. The van der Waals surface area contributed by atoms with Gasteiger partial charge in [-0.2, -0.15) is 0 Å². The molecule has 2 aromatic carbocycles. The van der Waals surface area contributed by atoms with E-state index < -0.39 is 39.1 Å². The summed E-state index contributed by atoms with van der Waals surface area (Å²) < 4.78 is 47.0. The summed E-state index contributed by atoms with van der Waals surface area (Å²) >= 11 is 0. The molecule has 2 rings (SSSR count). The van der Waals surface area contributed by atoms with E-state index in [1.807, 2.05) is 12.1 Å². The van der Waals surface area contributed by atoms with Gasteiger partial charge in [-0.25, -0.2) is 10.2 Å². The van der Waals surface area contributed by atoms with Crippen LogP contribution in [0.2, 0.25) is 0 Å². The smallest absolute Gasteiger partial charge is 0.323 e. The van der Waals surface area contributed by atoms with Crippen LogP contribution in [0.5, 0.6) is 11.5 Å². The Balaban J connectivity index is 0.000000410. The van der Waals surface area contributed by atoms with Gasteiger partial charge >= 0.3 is 27.0 Å². The van der Waals surface area contributed by atoms with Gasteiger partial charge in [0.15, 0.2) is 0 Å². The van der Waals surface area contributed by atoms with Gasteiger partial charge in [-0.05, 0) is 58.9 Å². The molecule has 12 heteroatoms. The van der Waals surface area contributed by atoms with Crippen molar-refractivity contribution < 1.29 is 37.2 Å². The van der Waals surface area contributed by atoms with Gasteiger partial charge in [-0.3, -0.25) is 18.7 Å². The molecular weight excluding hydrogens is 566 g/mol. The van der Waals surface area contributed by atoms with Crippen LogP contribution in [0, 0.1) is 0 Å². The molecule has 0 amide bonds. The first-order valence-electron chi connectivity index (χ1n) is 13.7. The Morgan fingerprint density at radius 3 is 1.34 bits per heavy atom. The molecule has 0 radical (unpaired) electrons. The van der Waals surface area contributed by atoms with Crippen molar-refractivity contribution in [1.29, 1.82) is 0 Å². The second-order valence-corrected chi connectivity index (χ2v) is 15.5. The van der Waals surface area contributed by atoms with Gasteiger partial charge in [0.2, 0.25) is 0 Å². The van der Waals surface area contributed by atoms with Gasteiger partial charge in [0.05, 0.1) is 24.0 Å². The molecule has 0 saturated carbocycles. The van der Waals surface area contributed by atoms with Gasteiger partial charge in [-0.1, -0.05) is 64.1 Å². The minimum atomic E-state index is -3.22. The van der Waals surface area contributed by atoms with Crippen molar-refractivity contribution in [3.8, 4) is 11.5 Å². The molecule has 2 aromatic rings. The number of rotatable bonds is 14. The van der Waals surface area contributed by atoms with E-state index in [4.69, 9.17) is 18.5 Å². The second kappa shape index (κ2) is 17.3. The topological polar surface area (TPSA) is 129 Å². The minimum absolute atomic E-state index is 0.213. The summed E-state index contributed by atoms with van der Waals surface area (Å²) in [6.07, 6.45) is -0.213. The molecule has 0 aliphatic rings. The van der Waals surface area contributed by atoms with Crippen molar-refractivity contribution in [2.75, 3.05) is 6.61 Å². The van der Waals surface area contributed by atoms with Crippen molar-refractivity contribution >= 4 is 27.0 Å². The SMILES string of the molecule is CC(C)OC(=O)[C@H](C)NP(=O)(Oc1ccccc1)C(C)C.CCOC(=O)[C@H](C)NP(=O)(Oc1ccccc1)C(C)C. The van der Waals surface area contributed by atoms with Crippen LogP contribution in [0.15, 0.2) is 60.7 Å². The molecule has 0 saturated heterocycles. The Kier molecular flexibility index (Phi) is 15.4. The Morgan fingerprint density at radius 2 is 1.02 bits per heavy atom. The lowest BCUT2D eigenvalue weighted by molar-refractivity contribution is -0.149. The van der Waals surface area contributed by atoms with E-state index in [1.54, 1.807) is 111 Å². The van der Waals surface area contributed by atoms with Crippen LogP contribution in [0.25, 0.3) is 0 Å². The Labute approximate surface area is 244 Å². The molecule has 41 heavy (non-hydrogen) atoms. The van der Waals surface area contributed by atoms with Crippen molar-refractivity contribution in [2.24, 2.45) is 0 Å². The number of carbonyl (C=O) groups excluding carboxylic acids is 2. The maximum absolute atomic E-state index is 12.9. The normalized spacial score (nSPS) is 15.5. The standard InChI is InChI=1S/C15H24NO4P.C14H22NO4P/c1-11(2)19-15(17)13(5)16-21(18,12(3)4)20-14-9-7-6-8-10-14;1-5-18-14(16)12(4)15-20(17,11(2)3)19-13-9-7-6-8-10-13/h6-13H,1-5H3,(H,16,18);6-12H,5H2,1-4H3,(H,15,17)/t13-,21?;12-,20?/m00/s1. The van der Waals surface area contributed by atoms with E-state index in [1.165, 1.54) is 0 Å². The van der Waals surface area contributed by atoms with Crippen molar-refractivity contribution in [2.45, 2.75) is 91.8 Å². The third-order valence-electron chi connectivity index (χ3n) is 5.42. The number of nitrogens with one attached hydrogen (secondary N) is 2. The largest absolute Gasteiger partial charge is 0.465 e. The molecule has 10 nitrogen and oxygen atoms in total. The summed E-state index contributed by atoms with van der Waals surface area (Å²) in [5.74, 6) is 0.132. The zero-order valence-electron chi connectivity index (χ0n) is 25.5. The maximum Gasteiger partial charge on any atom is 0.323 e. The predicted molar refractivity (Wildman–Crippen MR) is 163 cm³/mol. The molecule has 2 unspecified atom stereocenters. The highest BCUT2D eigenvalue weighted by Gasteiger charge is 2.34. The van der Waals surface area contributed by atoms with E-state index in [0.29, 0.717) is 11.5 Å². The number of carbonyl (C=O) groups is 2. The van der Waals surface area contributed by atoms with Gasteiger partial charge in [0.25, 0.3) is 0 Å². The highest BCUT2D eigenvalue weighted by Crippen LogP contribution is 2.49. The highest BCUT2D eigenvalue weighted by molar-refractivity contribution is 7.58. The van der Waals surface area contributed by atoms with Crippen LogP contribution in [0.4, 0.5) is 0 Å². The monoisotopic (exact) mass is 612 g/mol. The van der Waals surface area contributed by atoms with Gasteiger partial charge in [0, 0.05) is 0 Å². The molecule has 0 aliphatic heterocycles. The summed E-state index contributed by atoms with van der Waals surface area (Å²) in [6.45, 7) is 15.9. The van der Waals surface area contributed by atoms with Crippen LogP contribution in [0.3, 0.4) is 0 Å². The lowest BCUT2D eigenvalue weighted by atomic mass is 10.3. The first kappa shape index (κ1) is 36.4. The number of para-hydroxylation sites is 2. The lowest BCUT2D eigenvalue weighted by Gasteiger charge is -2.26. The second-order valence-electron chi connectivity index (χ2n) is 10.1. The fourth-order valence-corrected chi connectivity index (χ4v) is 6.37. The predicted octanol–water partition coefficient (Wildman–Crippen LogP) is 6.80. The summed E-state index contributed by atoms with van der Waals surface area (Å²) in [7, 11) is -6.42. The summed E-state index contributed by atoms with van der Waals surface area (Å²) in [6, 6.07) is 16.4.